The molecule has 17 heavy (non-hydrogen) atoms. The molecule has 0 fully saturated rings. The minimum atomic E-state index is -0.525. The minimum absolute atomic E-state index is 0.0625. The third kappa shape index (κ3) is 4.82. The number of carbonyl (C=O) groups excluding carboxylic acids is 1. The quantitative estimate of drug-likeness (QED) is 0.796. The van der Waals surface area contributed by atoms with Gasteiger partial charge in [-0.1, -0.05) is 0 Å². The van der Waals surface area contributed by atoms with Gasteiger partial charge in [0, 0.05) is 5.69 Å². The van der Waals surface area contributed by atoms with Crippen molar-refractivity contribution in [3.05, 3.63) is 24.0 Å². The molecule has 3 N–H and O–H groups in total. The zero-order valence-corrected chi connectivity index (χ0v) is 10.2. The summed E-state index contributed by atoms with van der Waals surface area (Å²) in [5.74, 6) is -0.937. The Kier molecular flexibility index (Phi) is 4.07. The Labute approximate surface area is 100.0 Å². The molecule has 0 radical (unpaired) electrons. The fraction of sp³-hybridized carbons (Fsp3) is 0.417. The van der Waals surface area contributed by atoms with E-state index in [4.69, 9.17) is 10.5 Å². The lowest BCUT2D eigenvalue weighted by Crippen LogP contribution is -2.27. The van der Waals surface area contributed by atoms with Gasteiger partial charge in [0.05, 0.1) is 11.3 Å². The maximum atomic E-state index is 13.3. The molecular weight excluding hydrogens is 223 g/mol. The van der Waals surface area contributed by atoms with E-state index in [2.05, 4.69) is 5.32 Å². The molecule has 0 aromatic heterocycles. The Hall–Kier alpha value is -1.62. The molecule has 0 unspecified atom stereocenters. The van der Waals surface area contributed by atoms with E-state index in [0.717, 1.165) is 0 Å². The molecule has 0 aliphatic carbocycles. The summed E-state index contributed by atoms with van der Waals surface area (Å²) < 4.78 is 18.6. The van der Waals surface area contributed by atoms with Crippen LogP contribution >= 0.6 is 0 Å². The van der Waals surface area contributed by atoms with Crippen molar-refractivity contribution >= 4 is 17.3 Å². The smallest absolute Gasteiger partial charge is 0.250 e. The third-order valence-electron chi connectivity index (χ3n) is 1.90. The van der Waals surface area contributed by atoms with Crippen LogP contribution in [0.5, 0.6) is 0 Å². The third-order valence-corrected chi connectivity index (χ3v) is 1.90. The lowest BCUT2D eigenvalue weighted by atomic mass is 10.2. The van der Waals surface area contributed by atoms with Crippen molar-refractivity contribution in [2.75, 3.05) is 17.7 Å². The van der Waals surface area contributed by atoms with Crippen LogP contribution < -0.4 is 11.1 Å². The maximum absolute atomic E-state index is 13.3. The second-order valence-electron chi connectivity index (χ2n) is 4.69. The van der Waals surface area contributed by atoms with Gasteiger partial charge < -0.3 is 15.8 Å². The van der Waals surface area contributed by atoms with Gasteiger partial charge in [-0.3, -0.25) is 4.79 Å². The average molecular weight is 240 g/mol. The van der Waals surface area contributed by atoms with E-state index in [-0.39, 0.29) is 12.3 Å². The molecular formula is C12H17FN2O2. The van der Waals surface area contributed by atoms with E-state index < -0.39 is 17.3 Å². The largest absolute Gasteiger partial charge is 0.399 e. The van der Waals surface area contributed by atoms with Crippen molar-refractivity contribution < 1.29 is 13.9 Å². The minimum Gasteiger partial charge on any atom is -0.399 e. The number of rotatable bonds is 3. The van der Waals surface area contributed by atoms with Crippen LogP contribution in [0.25, 0.3) is 0 Å². The summed E-state index contributed by atoms with van der Waals surface area (Å²) in [6, 6.07) is 4.00. The summed E-state index contributed by atoms with van der Waals surface area (Å²) in [6.07, 6.45) is 0. The Morgan fingerprint density at radius 2 is 2.12 bits per heavy atom. The lowest BCUT2D eigenvalue weighted by Gasteiger charge is -2.19. The lowest BCUT2D eigenvalue weighted by molar-refractivity contribution is -0.125. The zero-order valence-electron chi connectivity index (χ0n) is 10.2. The fourth-order valence-electron chi connectivity index (χ4n) is 1.11. The predicted octanol–water partition coefficient (Wildman–Crippen LogP) is 2.16. The summed E-state index contributed by atoms with van der Waals surface area (Å²) in [5.41, 5.74) is 5.54. The van der Waals surface area contributed by atoms with Crippen LogP contribution in [-0.4, -0.2) is 18.1 Å². The maximum Gasteiger partial charge on any atom is 0.250 e. The molecule has 4 nitrogen and oxygen atoms in total. The average Bonchev–Trinajstić information content (AvgIpc) is 2.20. The standard InChI is InChI=1S/C12H17FN2O2/c1-12(2,3)17-7-11(16)15-10-6-8(14)4-5-9(10)13/h4-6H,7,14H2,1-3H3,(H,15,16). The van der Waals surface area contributed by atoms with Crippen molar-refractivity contribution in [1.82, 2.24) is 0 Å². The summed E-state index contributed by atoms with van der Waals surface area (Å²) in [5, 5.41) is 2.40. The first-order valence-electron chi connectivity index (χ1n) is 5.27. The SMILES string of the molecule is CC(C)(C)OCC(=O)Nc1cc(N)ccc1F. The second-order valence-corrected chi connectivity index (χ2v) is 4.69. The second kappa shape index (κ2) is 5.14. The molecule has 1 aromatic carbocycles. The first kappa shape index (κ1) is 13.4. The normalized spacial score (nSPS) is 11.3. The van der Waals surface area contributed by atoms with E-state index in [0.29, 0.717) is 5.69 Å². The number of nitrogen functional groups attached to an aromatic ring is 1. The summed E-state index contributed by atoms with van der Waals surface area (Å²) >= 11 is 0. The van der Waals surface area contributed by atoms with Gasteiger partial charge in [-0.2, -0.15) is 0 Å². The predicted molar refractivity (Wildman–Crippen MR) is 65.1 cm³/mol. The number of halogens is 1. The fourth-order valence-corrected chi connectivity index (χ4v) is 1.11. The molecule has 0 aliphatic heterocycles. The molecule has 94 valence electrons. The molecule has 0 heterocycles. The molecule has 0 saturated carbocycles. The van der Waals surface area contributed by atoms with Gasteiger partial charge >= 0.3 is 0 Å². The number of anilines is 2. The van der Waals surface area contributed by atoms with Gasteiger partial charge in [0.1, 0.15) is 12.4 Å². The van der Waals surface area contributed by atoms with Gasteiger partial charge in [-0.25, -0.2) is 4.39 Å². The highest BCUT2D eigenvalue weighted by atomic mass is 19.1. The highest BCUT2D eigenvalue weighted by molar-refractivity contribution is 5.92. The summed E-state index contributed by atoms with van der Waals surface area (Å²) in [7, 11) is 0. The van der Waals surface area contributed by atoms with Crippen LogP contribution in [0, 0.1) is 5.82 Å². The van der Waals surface area contributed by atoms with Gasteiger partial charge in [0.15, 0.2) is 0 Å². The van der Waals surface area contributed by atoms with E-state index in [1.54, 1.807) is 0 Å². The number of hydrogen-bond acceptors (Lipinski definition) is 3. The van der Waals surface area contributed by atoms with E-state index >= 15 is 0 Å². The topological polar surface area (TPSA) is 64.3 Å². The van der Waals surface area contributed by atoms with Crippen LogP contribution in [0.1, 0.15) is 20.8 Å². The highest BCUT2D eigenvalue weighted by Crippen LogP contribution is 2.17. The summed E-state index contributed by atoms with van der Waals surface area (Å²) in [4.78, 5) is 11.5. The number of amides is 1. The molecule has 1 aromatic rings. The van der Waals surface area contributed by atoms with Crippen LogP contribution in [0.3, 0.4) is 0 Å². The van der Waals surface area contributed by atoms with Crippen molar-refractivity contribution in [3.8, 4) is 0 Å². The monoisotopic (exact) mass is 240 g/mol. The zero-order chi connectivity index (χ0) is 13.1. The molecule has 1 amide bonds. The Morgan fingerprint density at radius 3 is 2.71 bits per heavy atom. The molecule has 0 saturated heterocycles. The van der Waals surface area contributed by atoms with E-state index in [9.17, 15) is 9.18 Å². The number of nitrogens with two attached hydrogens (primary N) is 1. The van der Waals surface area contributed by atoms with Gasteiger partial charge in [0.25, 0.3) is 0 Å². The molecule has 0 spiro atoms. The van der Waals surface area contributed by atoms with E-state index in [1.807, 2.05) is 20.8 Å². The van der Waals surface area contributed by atoms with Gasteiger partial charge in [-0.05, 0) is 39.0 Å². The first-order valence-corrected chi connectivity index (χ1v) is 5.27. The molecule has 0 atom stereocenters. The van der Waals surface area contributed by atoms with Crippen LogP contribution in [0.2, 0.25) is 0 Å². The van der Waals surface area contributed by atoms with Crippen molar-refractivity contribution in [1.29, 1.82) is 0 Å². The number of benzene rings is 1. The van der Waals surface area contributed by atoms with Crippen LogP contribution in [-0.2, 0) is 9.53 Å². The van der Waals surface area contributed by atoms with Crippen molar-refractivity contribution in [3.63, 3.8) is 0 Å². The van der Waals surface area contributed by atoms with Crippen molar-refractivity contribution in [2.45, 2.75) is 26.4 Å². The Morgan fingerprint density at radius 1 is 1.47 bits per heavy atom. The molecule has 5 heteroatoms. The highest BCUT2D eigenvalue weighted by Gasteiger charge is 2.14. The Balaban J connectivity index is 2.59. The Bertz CT molecular complexity index is 413. The van der Waals surface area contributed by atoms with Gasteiger partial charge in [-0.15, -0.1) is 0 Å². The number of hydrogen-bond donors (Lipinski definition) is 2. The first-order chi connectivity index (χ1) is 7.78. The number of nitrogens with one attached hydrogen (secondary N) is 1. The van der Waals surface area contributed by atoms with Crippen LogP contribution in [0.4, 0.5) is 15.8 Å². The molecule has 1 rings (SSSR count). The van der Waals surface area contributed by atoms with Crippen LogP contribution in [0.15, 0.2) is 18.2 Å². The molecule has 0 bridgehead atoms. The van der Waals surface area contributed by atoms with Crippen molar-refractivity contribution in [2.24, 2.45) is 0 Å². The van der Waals surface area contributed by atoms with Gasteiger partial charge in [0.2, 0.25) is 5.91 Å². The number of carbonyl (C=O) groups is 1. The summed E-state index contributed by atoms with van der Waals surface area (Å²) in [6.45, 7) is 5.38. The van der Waals surface area contributed by atoms with E-state index in [1.165, 1.54) is 18.2 Å². The number of ether oxygens (including phenoxy) is 1. The molecule has 0 aliphatic rings.